The Morgan fingerprint density at radius 1 is 1.36 bits per heavy atom. The molecule has 1 aliphatic heterocycles. The van der Waals surface area contributed by atoms with E-state index in [0.717, 1.165) is 37.9 Å². The lowest BCUT2D eigenvalue weighted by Crippen LogP contribution is -2.42. The normalized spacial score (nSPS) is 16.6. The van der Waals surface area contributed by atoms with Crippen LogP contribution in [0, 0.1) is 5.92 Å². The maximum absolute atomic E-state index is 12.0. The lowest BCUT2D eigenvalue weighted by Gasteiger charge is -2.33. The van der Waals surface area contributed by atoms with Gasteiger partial charge in [0.15, 0.2) is 0 Å². The number of piperidine rings is 1. The molecule has 122 valence electrons. The highest BCUT2D eigenvalue weighted by Crippen LogP contribution is 2.26. The summed E-state index contributed by atoms with van der Waals surface area (Å²) in [6.45, 7) is 7.09. The summed E-state index contributed by atoms with van der Waals surface area (Å²) in [6.07, 6.45) is 2.57. The number of hydrogen-bond donors (Lipinski definition) is 2. The van der Waals surface area contributed by atoms with E-state index in [0.29, 0.717) is 11.6 Å². The van der Waals surface area contributed by atoms with Gasteiger partial charge < -0.3 is 20.5 Å². The fourth-order valence-corrected chi connectivity index (χ4v) is 2.70. The Kier molecular flexibility index (Phi) is 4.84. The van der Waals surface area contributed by atoms with Gasteiger partial charge in [0.05, 0.1) is 5.69 Å². The Morgan fingerprint density at radius 2 is 2.00 bits per heavy atom. The largest absolute Gasteiger partial charge is 0.506 e. The second-order valence-corrected chi connectivity index (χ2v) is 7.01. The third-order valence-electron chi connectivity index (χ3n) is 3.89. The fraction of sp³-hybridized carbons (Fsp3) is 0.588. The average molecular weight is 306 g/mol. The Labute approximate surface area is 132 Å². The van der Waals surface area contributed by atoms with Crippen molar-refractivity contribution in [3.05, 3.63) is 23.8 Å². The van der Waals surface area contributed by atoms with Crippen molar-refractivity contribution in [3.8, 4) is 5.75 Å². The van der Waals surface area contributed by atoms with E-state index >= 15 is 0 Å². The van der Waals surface area contributed by atoms with E-state index in [1.807, 2.05) is 26.8 Å². The van der Waals surface area contributed by atoms with Gasteiger partial charge in [-0.25, -0.2) is 4.79 Å². The monoisotopic (exact) mass is 306 g/mol. The summed E-state index contributed by atoms with van der Waals surface area (Å²) < 4.78 is 5.40. The first-order chi connectivity index (χ1) is 10.2. The van der Waals surface area contributed by atoms with E-state index in [-0.39, 0.29) is 11.8 Å². The van der Waals surface area contributed by atoms with Gasteiger partial charge in [0.1, 0.15) is 11.4 Å². The Morgan fingerprint density at radius 3 is 2.55 bits per heavy atom. The number of rotatable bonds is 2. The van der Waals surface area contributed by atoms with Gasteiger partial charge in [0.2, 0.25) is 0 Å². The number of amides is 1. The van der Waals surface area contributed by atoms with Crippen LogP contribution in [-0.2, 0) is 11.2 Å². The van der Waals surface area contributed by atoms with Crippen LogP contribution in [0.5, 0.6) is 5.75 Å². The number of phenols is 1. The molecule has 1 aromatic rings. The van der Waals surface area contributed by atoms with Crippen molar-refractivity contribution in [1.29, 1.82) is 0 Å². The predicted octanol–water partition coefficient (Wildman–Crippen LogP) is 3.16. The molecule has 3 N–H and O–H groups in total. The molecule has 0 saturated carbocycles. The van der Waals surface area contributed by atoms with Crippen LogP contribution in [0.1, 0.15) is 39.2 Å². The van der Waals surface area contributed by atoms with Gasteiger partial charge in [-0.3, -0.25) is 0 Å². The molecule has 1 aliphatic rings. The van der Waals surface area contributed by atoms with Gasteiger partial charge in [-0.2, -0.15) is 0 Å². The molecule has 2 rings (SSSR count). The molecule has 0 unspecified atom stereocenters. The SMILES string of the molecule is CC(C)(C)OC(=O)N1CCC(Cc2ccc(N)c(O)c2)CC1. The molecule has 1 aromatic carbocycles. The van der Waals surface area contributed by atoms with Crippen LogP contribution < -0.4 is 5.73 Å². The molecule has 5 nitrogen and oxygen atoms in total. The molecular formula is C17H26N2O3. The molecule has 1 amide bonds. The van der Waals surface area contributed by atoms with Crippen LogP contribution in [0.15, 0.2) is 18.2 Å². The lowest BCUT2D eigenvalue weighted by atomic mass is 9.90. The van der Waals surface area contributed by atoms with E-state index in [4.69, 9.17) is 10.5 Å². The summed E-state index contributed by atoms with van der Waals surface area (Å²) in [6, 6.07) is 5.42. The second kappa shape index (κ2) is 6.46. The average Bonchev–Trinajstić information content (AvgIpc) is 2.42. The van der Waals surface area contributed by atoms with Gasteiger partial charge in [-0.05, 0) is 63.6 Å². The van der Waals surface area contributed by atoms with Crippen molar-refractivity contribution < 1.29 is 14.6 Å². The third-order valence-corrected chi connectivity index (χ3v) is 3.89. The van der Waals surface area contributed by atoms with Crippen LogP contribution in [0.4, 0.5) is 10.5 Å². The van der Waals surface area contributed by atoms with Crippen molar-refractivity contribution in [2.75, 3.05) is 18.8 Å². The number of nitrogens with two attached hydrogens (primary N) is 1. The minimum atomic E-state index is -0.449. The first-order valence-corrected chi connectivity index (χ1v) is 7.80. The summed E-state index contributed by atoms with van der Waals surface area (Å²) in [7, 11) is 0. The molecule has 0 radical (unpaired) electrons. The Balaban J connectivity index is 1.84. The standard InChI is InChI=1S/C17H26N2O3/c1-17(2,3)22-16(21)19-8-6-12(7-9-19)10-13-4-5-14(18)15(20)11-13/h4-5,11-12,20H,6-10,18H2,1-3H3. The predicted molar refractivity (Wildman–Crippen MR) is 86.8 cm³/mol. The van der Waals surface area contributed by atoms with Crippen LogP contribution in [0.25, 0.3) is 0 Å². The summed E-state index contributed by atoms with van der Waals surface area (Å²) in [5.41, 5.74) is 6.66. The smallest absolute Gasteiger partial charge is 0.410 e. The number of benzene rings is 1. The summed E-state index contributed by atoms with van der Waals surface area (Å²) >= 11 is 0. The number of ether oxygens (including phenoxy) is 1. The molecule has 22 heavy (non-hydrogen) atoms. The van der Waals surface area contributed by atoms with Crippen LogP contribution in [0.3, 0.4) is 0 Å². The van der Waals surface area contributed by atoms with Gasteiger partial charge >= 0.3 is 6.09 Å². The van der Waals surface area contributed by atoms with E-state index < -0.39 is 5.60 Å². The highest BCUT2D eigenvalue weighted by molar-refractivity contribution is 5.68. The van der Waals surface area contributed by atoms with Crippen molar-refractivity contribution >= 4 is 11.8 Å². The van der Waals surface area contributed by atoms with Gasteiger partial charge in [0.25, 0.3) is 0 Å². The lowest BCUT2D eigenvalue weighted by molar-refractivity contribution is 0.0184. The van der Waals surface area contributed by atoms with Gasteiger partial charge in [0, 0.05) is 13.1 Å². The number of nitrogen functional groups attached to an aromatic ring is 1. The zero-order chi connectivity index (χ0) is 16.3. The highest BCUT2D eigenvalue weighted by Gasteiger charge is 2.26. The number of likely N-dealkylation sites (tertiary alicyclic amines) is 1. The van der Waals surface area contributed by atoms with Gasteiger partial charge in [-0.15, -0.1) is 0 Å². The van der Waals surface area contributed by atoms with Gasteiger partial charge in [-0.1, -0.05) is 6.07 Å². The fourth-order valence-electron chi connectivity index (χ4n) is 2.70. The number of anilines is 1. The number of aromatic hydroxyl groups is 1. The van der Waals surface area contributed by atoms with E-state index in [9.17, 15) is 9.90 Å². The van der Waals surface area contributed by atoms with Crippen molar-refractivity contribution in [3.63, 3.8) is 0 Å². The van der Waals surface area contributed by atoms with E-state index in [1.54, 1.807) is 17.0 Å². The summed E-state index contributed by atoms with van der Waals surface area (Å²) in [4.78, 5) is 13.8. The number of carbonyl (C=O) groups excluding carboxylic acids is 1. The molecule has 1 saturated heterocycles. The van der Waals surface area contributed by atoms with Crippen molar-refractivity contribution in [2.45, 2.75) is 45.6 Å². The molecule has 0 aliphatic carbocycles. The quantitative estimate of drug-likeness (QED) is 0.650. The minimum absolute atomic E-state index is 0.142. The number of phenolic OH excluding ortho intramolecular Hbond substituents is 1. The summed E-state index contributed by atoms with van der Waals surface area (Å²) in [5.74, 6) is 0.658. The highest BCUT2D eigenvalue weighted by atomic mass is 16.6. The zero-order valence-electron chi connectivity index (χ0n) is 13.6. The third kappa shape index (κ3) is 4.55. The van der Waals surface area contributed by atoms with Crippen LogP contribution >= 0.6 is 0 Å². The zero-order valence-corrected chi connectivity index (χ0v) is 13.6. The molecule has 0 bridgehead atoms. The molecule has 1 fully saturated rings. The molecule has 0 aromatic heterocycles. The maximum Gasteiger partial charge on any atom is 0.410 e. The van der Waals surface area contributed by atoms with E-state index in [2.05, 4.69) is 0 Å². The van der Waals surface area contributed by atoms with Crippen molar-refractivity contribution in [2.24, 2.45) is 5.92 Å². The molecule has 5 heteroatoms. The number of hydrogen-bond acceptors (Lipinski definition) is 4. The van der Waals surface area contributed by atoms with Crippen molar-refractivity contribution in [1.82, 2.24) is 4.90 Å². The topological polar surface area (TPSA) is 75.8 Å². The minimum Gasteiger partial charge on any atom is -0.506 e. The second-order valence-electron chi connectivity index (χ2n) is 7.01. The first-order valence-electron chi connectivity index (χ1n) is 7.80. The molecular weight excluding hydrogens is 280 g/mol. The number of carbonyl (C=O) groups is 1. The maximum atomic E-state index is 12.0. The first kappa shape index (κ1) is 16.5. The summed E-state index contributed by atoms with van der Waals surface area (Å²) in [5, 5.41) is 9.66. The molecule has 0 atom stereocenters. The molecule has 1 heterocycles. The van der Waals surface area contributed by atoms with E-state index in [1.165, 1.54) is 0 Å². The number of nitrogens with zero attached hydrogens (tertiary/aromatic N) is 1. The Hall–Kier alpha value is -1.91. The van der Waals surface area contributed by atoms with Crippen LogP contribution in [0.2, 0.25) is 0 Å². The Bertz CT molecular complexity index is 529. The molecule has 0 spiro atoms. The van der Waals surface area contributed by atoms with Crippen LogP contribution in [-0.4, -0.2) is 34.8 Å².